The van der Waals surface area contributed by atoms with E-state index in [9.17, 15) is 27.6 Å². The Morgan fingerprint density at radius 2 is 1.54 bits per heavy atom. The van der Waals surface area contributed by atoms with Crippen molar-refractivity contribution in [3.63, 3.8) is 0 Å². The van der Waals surface area contributed by atoms with Crippen molar-refractivity contribution in [1.82, 2.24) is 5.32 Å². The molecule has 0 fully saturated rings. The smallest absolute Gasteiger partial charge is 0.328 e. The van der Waals surface area contributed by atoms with E-state index < -0.39 is 52.8 Å². The van der Waals surface area contributed by atoms with E-state index in [0.29, 0.717) is 12.1 Å². The van der Waals surface area contributed by atoms with Gasteiger partial charge in [0.05, 0.1) is 20.1 Å². The monoisotopic (exact) mass is 347 g/mol. The minimum absolute atomic E-state index is 0.213. The highest BCUT2D eigenvalue weighted by molar-refractivity contribution is 5.97. The van der Waals surface area contributed by atoms with Gasteiger partial charge in [0.15, 0.2) is 0 Å². The molecular weight excluding hydrogens is 331 g/mol. The molecule has 1 aromatic rings. The first-order valence-corrected chi connectivity index (χ1v) is 6.82. The van der Waals surface area contributed by atoms with Gasteiger partial charge in [-0.3, -0.25) is 9.59 Å². The van der Waals surface area contributed by atoms with Gasteiger partial charge in [0.2, 0.25) is 0 Å². The highest BCUT2D eigenvalue weighted by atomic mass is 19.1. The maximum atomic E-state index is 13.6. The number of rotatable bonds is 6. The molecule has 0 bridgehead atoms. The summed E-state index contributed by atoms with van der Waals surface area (Å²) in [5.41, 5.74) is -1.05. The fraction of sp³-hybridized carbons (Fsp3) is 0.400. The number of nitrogens with one attached hydrogen (secondary N) is 1. The van der Waals surface area contributed by atoms with E-state index in [4.69, 9.17) is 0 Å². The number of amides is 1. The van der Waals surface area contributed by atoms with Gasteiger partial charge in [-0.15, -0.1) is 0 Å². The summed E-state index contributed by atoms with van der Waals surface area (Å²) in [4.78, 5) is 35.1. The Hall–Kier alpha value is -2.58. The van der Waals surface area contributed by atoms with Crippen LogP contribution in [0.3, 0.4) is 0 Å². The molecule has 0 spiro atoms. The van der Waals surface area contributed by atoms with E-state index in [0.717, 1.165) is 14.2 Å². The number of ether oxygens (including phenoxy) is 2. The van der Waals surface area contributed by atoms with Crippen molar-refractivity contribution >= 4 is 17.8 Å². The second kappa shape index (κ2) is 8.32. The van der Waals surface area contributed by atoms with Crippen molar-refractivity contribution in [3.8, 4) is 0 Å². The largest absolute Gasteiger partial charge is 0.469 e. The van der Waals surface area contributed by atoms with Crippen molar-refractivity contribution in [2.24, 2.45) is 5.92 Å². The molecule has 0 aromatic heterocycles. The molecule has 0 heterocycles. The van der Waals surface area contributed by atoms with Gasteiger partial charge in [-0.2, -0.15) is 0 Å². The molecule has 1 rings (SSSR count). The fourth-order valence-corrected chi connectivity index (χ4v) is 2.00. The quantitative estimate of drug-likeness (QED) is 0.790. The molecule has 9 heteroatoms. The minimum Gasteiger partial charge on any atom is -0.469 e. The number of carbonyl (C=O) groups excluding carboxylic acids is 3. The third kappa shape index (κ3) is 4.71. The van der Waals surface area contributed by atoms with Gasteiger partial charge in [0.25, 0.3) is 5.91 Å². The molecule has 0 aliphatic carbocycles. The Morgan fingerprint density at radius 1 is 1.04 bits per heavy atom. The molecule has 0 radical (unpaired) electrons. The predicted octanol–water partition coefficient (Wildman–Crippen LogP) is 1.57. The minimum atomic E-state index is -1.42. The summed E-state index contributed by atoms with van der Waals surface area (Å²) in [5.74, 6) is -7.66. The zero-order valence-electron chi connectivity index (χ0n) is 13.2. The van der Waals surface area contributed by atoms with Crippen LogP contribution in [0.1, 0.15) is 23.7 Å². The lowest BCUT2D eigenvalue weighted by Crippen LogP contribution is -2.44. The first kappa shape index (κ1) is 19.5. The van der Waals surface area contributed by atoms with Gasteiger partial charge in [-0.1, -0.05) is 6.92 Å². The van der Waals surface area contributed by atoms with Crippen molar-refractivity contribution < 1.29 is 37.0 Å². The number of esters is 2. The second-order valence-corrected chi connectivity index (χ2v) is 4.95. The Labute approximate surface area is 135 Å². The maximum Gasteiger partial charge on any atom is 0.328 e. The molecule has 1 amide bonds. The summed E-state index contributed by atoms with van der Waals surface area (Å²) in [5, 5.41) is 2.07. The molecule has 24 heavy (non-hydrogen) atoms. The average Bonchev–Trinajstić information content (AvgIpc) is 2.51. The molecular formula is C15H16F3NO5. The number of halogens is 3. The molecule has 132 valence electrons. The zero-order chi connectivity index (χ0) is 18.4. The van der Waals surface area contributed by atoms with E-state index >= 15 is 0 Å². The summed E-state index contributed by atoms with van der Waals surface area (Å²) < 4.78 is 49.1. The highest BCUT2D eigenvalue weighted by Gasteiger charge is 2.29. The third-order valence-electron chi connectivity index (χ3n) is 3.22. The average molecular weight is 347 g/mol. The number of methoxy groups -OCH3 is 2. The topological polar surface area (TPSA) is 81.7 Å². The van der Waals surface area contributed by atoms with E-state index in [2.05, 4.69) is 14.8 Å². The molecule has 1 N–H and O–H groups in total. The van der Waals surface area contributed by atoms with Gasteiger partial charge >= 0.3 is 11.9 Å². The third-order valence-corrected chi connectivity index (χ3v) is 3.22. The Morgan fingerprint density at radius 3 is 2.00 bits per heavy atom. The van der Waals surface area contributed by atoms with Crippen LogP contribution in [0.5, 0.6) is 0 Å². The summed E-state index contributed by atoms with van der Waals surface area (Å²) in [6.45, 7) is 1.44. The number of carbonyl (C=O) groups is 3. The number of hydrogen-bond acceptors (Lipinski definition) is 5. The molecule has 1 aromatic carbocycles. The summed E-state index contributed by atoms with van der Waals surface area (Å²) in [6.07, 6.45) is -0.213. The Balaban J connectivity index is 3.01. The van der Waals surface area contributed by atoms with Crippen LogP contribution in [0.2, 0.25) is 0 Å². The Bertz CT molecular complexity index is 627. The molecule has 6 nitrogen and oxygen atoms in total. The van der Waals surface area contributed by atoms with Crippen LogP contribution in [0.25, 0.3) is 0 Å². The van der Waals surface area contributed by atoms with Crippen LogP contribution in [0, 0.1) is 23.4 Å². The van der Waals surface area contributed by atoms with Gasteiger partial charge in [0.1, 0.15) is 29.1 Å². The van der Waals surface area contributed by atoms with Crippen LogP contribution >= 0.6 is 0 Å². The van der Waals surface area contributed by atoms with E-state index in [1.807, 2.05) is 0 Å². The standard InChI is InChI=1S/C15H16F3NO5/c1-7(14(21)23-2)4-11(15(22)24-3)19-13(20)12-9(17)5-8(16)6-10(12)18/h5-7,11H,4H2,1-3H3,(H,19,20)/t7-,11+/m0/s1. The number of benzene rings is 1. The molecule has 0 unspecified atom stereocenters. The molecule has 2 atom stereocenters. The lowest BCUT2D eigenvalue weighted by Gasteiger charge is -2.19. The Kier molecular flexibility index (Phi) is 6.75. The lowest BCUT2D eigenvalue weighted by atomic mass is 10.0. The molecule has 0 aliphatic heterocycles. The summed E-state index contributed by atoms with van der Waals surface area (Å²) in [6, 6.07) is -0.676. The zero-order valence-corrected chi connectivity index (χ0v) is 13.2. The van der Waals surface area contributed by atoms with Crippen LogP contribution in [0.4, 0.5) is 13.2 Å². The summed E-state index contributed by atoms with van der Waals surface area (Å²) in [7, 11) is 2.19. The van der Waals surface area contributed by atoms with Gasteiger partial charge in [-0.05, 0) is 6.42 Å². The number of hydrogen-bond donors (Lipinski definition) is 1. The summed E-state index contributed by atoms with van der Waals surface area (Å²) >= 11 is 0. The van der Waals surface area contributed by atoms with E-state index in [1.165, 1.54) is 6.92 Å². The van der Waals surface area contributed by atoms with E-state index in [1.54, 1.807) is 0 Å². The van der Waals surface area contributed by atoms with Crippen LogP contribution in [-0.4, -0.2) is 38.1 Å². The maximum absolute atomic E-state index is 13.6. The van der Waals surface area contributed by atoms with Crippen molar-refractivity contribution in [2.75, 3.05) is 14.2 Å². The lowest BCUT2D eigenvalue weighted by molar-refractivity contribution is -0.147. The SMILES string of the molecule is COC(=O)[C@@H](C)C[C@@H](NC(=O)c1c(F)cc(F)cc1F)C(=O)OC. The fourth-order valence-electron chi connectivity index (χ4n) is 2.00. The molecule has 0 aliphatic rings. The second-order valence-electron chi connectivity index (χ2n) is 4.95. The first-order valence-electron chi connectivity index (χ1n) is 6.82. The van der Waals surface area contributed by atoms with E-state index in [-0.39, 0.29) is 6.42 Å². The van der Waals surface area contributed by atoms with Gasteiger partial charge in [0, 0.05) is 12.1 Å². The highest BCUT2D eigenvalue weighted by Crippen LogP contribution is 2.16. The van der Waals surface area contributed by atoms with Crippen molar-refractivity contribution in [3.05, 3.63) is 35.1 Å². The first-order chi connectivity index (χ1) is 11.2. The molecule has 0 saturated carbocycles. The van der Waals surface area contributed by atoms with Crippen LogP contribution < -0.4 is 5.32 Å². The van der Waals surface area contributed by atoms with Crippen molar-refractivity contribution in [1.29, 1.82) is 0 Å². The van der Waals surface area contributed by atoms with Crippen LogP contribution in [-0.2, 0) is 19.1 Å². The van der Waals surface area contributed by atoms with Crippen LogP contribution in [0.15, 0.2) is 12.1 Å². The van der Waals surface area contributed by atoms with Gasteiger partial charge in [-0.25, -0.2) is 18.0 Å². The predicted molar refractivity (Wildman–Crippen MR) is 75.4 cm³/mol. The normalized spacial score (nSPS) is 12.9. The van der Waals surface area contributed by atoms with Crippen molar-refractivity contribution in [2.45, 2.75) is 19.4 Å². The van der Waals surface area contributed by atoms with Gasteiger partial charge < -0.3 is 14.8 Å². The molecule has 0 saturated heterocycles.